The van der Waals surface area contributed by atoms with E-state index in [0.717, 1.165) is 32.4 Å². The van der Waals surface area contributed by atoms with Crippen LogP contribution in [0.1, 0.15) is 68.3 Å². The van der Waals surface area contributed by atoms with E-state index < -0.39 is 0 Å². The Morgan fingerprint density at radius 1 is 1.17 bits per heavy atom. The van der Waals surface area contributed by atoms with Crippen LogP contribution in [0.2, 0.25) is 0 Å². The Balaban J connectivity index is 1.84. The maximum absolute atomic E-state index is 12.3. The van der Waals surface area contributed by atoms with Gasteiger partial charge in [-0.05, 0) is 42.9 Å². The molecule has 1 aromatic rings. The summed E-state index contributed by atoms with van der Waals surface area (Å²) in [6.07, 6.45) is 3.19. The minimum atomic E-state index is -0.0151. The molecule has 0 aliphatic carbocycles. The normalized spacial score (nSPS) is 15.7. The van der Waals surface area contributed by atoms with Gasteiger partial charge in [0.1, 0.15) is 0 Å². The van der Waals surface area contributed by atoms with Crippen molar-refractivity contribution in [1.82, 2.24) is 10.2 Å². The highest BCUT2D eigenvalue weighted by molar-refractivity contribution is 5.94. The second-order valence-electron chi connectivity index (χ2n) is 6.66. The monoisotopic (exact) mass is 316 g/mol. The van der Waals surface area contributed by atoms with Crippen molar-refractivity contribution >= 4 is 11.8 Å². The minimum absolute atomic E-state index is 0.0151. The van der Waals surface area contributed by atoms with Gasteiger partial charge in [-0.1, -0.05) is 32.9 Å². The lowest BCUT2D eigenvalue weighted by Gasteiger charge is -2.32. The molecule has 2 rings (SSSR count). The van der Waals surface area contributed by atoms with E-state index in [-0.39, 0.29) is 17.9 Å². The molecule has 0 spiro atoms. The lowest BCUT2D eigenvalue weighted by Crippen LogP contribution is -2.46. The first-order valence-electron chi connectivity index (χ1n) is 8.69. The van der Waals surface area contributed by atoms with Crippen molar-refractivity contribution in [3.63, 3.8) is 0 Å². The van der Waals surface area contributed by atoms with Crippen LogP contribution in [0.5, 0.6) is 0 Å². The molecule has 126 valence electrons. The van der Waals surface area contributed by atoms with E-state index in [1.807, 2.05) is 36.1 Å². The third kappa shape index (κ3) is 4.81. The number of piperidine rings is 1. The Morgan fingerprint density at radius 3 is 2.30 bits per heavy atom. The summed E-state index contributed by atoms with van der Waals surface area (Å²) in [6.45, 7) is 7.80. The Kier molecular flexibility index (Phi) is 6.20. The van der Waals surface area contributed by atoms with Gasteiger partial charge in [-0.3, -0.25) is 9.59 Å². The molecule has 4 heteroatoms. The third-order valence-corrected chi connectivity index (χ3v) is 4.49. The molecule has 1 aliphatic rings. The number of rotatable bonds is 5. The van der Waals surface area contributed by atoms with Crippen LogP contribution in [0.3, 0.4) is 0 Å². The number of hydrogen-bond donors (Lipinski definition) is 1. The number of nitrogens with zero attached hydrogens (tertiary/aromatic N) is 1. The summed E-state index contributed by atoms with van der Waals surface area (Å²) in [5.41, 5.74) is 1.95. The highest BCUT2D eigenvalue weighted by Gasteiger charge is 2.23. The standard InChI is InChI=1S/C19H28N2O2/c1-4-5-18(22)21-12-10-17(11-13-21)20-19(23)16-8-6-15(7-9-16)14(2)3/h6-9,14,17H,4-5,10-13H2,1-3H3,(H,20,23). The fourth-order valence-electron chi connectivity index (χ4n) is 2.93. The minimum Gasteiger partial charge on any atom is -0.349 e. The molecule has 0 bridgehead atoms. The van der Waals surface area contributed by atoms with Crippen molar-refractivity contribution in [2.24, 2.45) is 0 Å². The molecule has 0 saturated carbocycles. The summed E-state index contributed by atoms with van der Waals surface area (Å²) in [4.78, 5) is 26.1. The molecule has 1 fully saturated rings. The van der Waals surface area contributed by atoms with Crippen molar-refractivity contribution in [1.29, 1.82) is 0 Å². The number of nitrogens with one attached hydrogen (secondary N) is 1. The van der Waals surface area contributed by atoms with Gasteiger partial charge >= 0.3 is 0 Å². The molecule has 0 radical (unpaired) electrons. The van der Waals surface area contributed by atoms with Gasteiger partial charge in [0.05, 0.1) is 0 Å². The molecular weight excluding hydrogens is 288 g/mol. The first-order chi connectivity index (χ1) is 11.0. The summed E-state index contributed by atoms with van der Waals surface area (Å²) in [6, 6.07) is 7.99. The Morgan fingerprint density at radius 2 is 1.78 bits per heavy atom. The number of amides is 2. The SMILES string of the molecule is CCCC(=O)N1CCC(NC(=O)c2ccc(C(C)C)cc2)CC1. The molecule has 1 aromatic carbocycles. The second-order valence-corrected chi connectivity index (χ2v) is 6.66. The molecule has 1 N–H and O–H groups in total. The fraction of sp³-hybridized carbons (Fsp3) is 0.579. The van der Waals surface area contributed by atoms with Gasteiger partial charge in [0.25, 0.3) is 5.91 Å². The van der Waals surface area contributed by atoms with Crippen LogP contribution in [0.25, 0.3) is 0 Å². The van der Waals surface area contributed by atoms with Crippen LogP contribution in [-0.2, 0) is 4.79 Å². The zero-order valence-corrected chi connectivity index (χ0v) is 14.5. The number of benzene rings is 1. The topological polar surface area (TPSA) is 49.4 Å². The van der Waals surface area contributed by atoms with Crippen molar-refractivity contribution in [3.05, 3.63) is 35.4 Å². The second kappa shape index (κ2) is 8.14. The third-order valence-electron chi connectivity index (χ3n) is 4.49. The predicted octanol–water partition coefficient (Wildman–Crippen LogP) is 3.33. The molecule has 1 saturated heterocycles. The first kappa shape index (κ1) is 17.5. The van der Waals surface area contributed by atoms with Gasteiger partial charge < -0.3 is 10.2 Å². The highest BCUT2D eigenvalue weighted by Crippen LogP contribution is 2.16. The predicted molar refractivity (Wildman–Crippen MR) is 92.5 cm³/mol. The first-order valence-corrected chi connectivity index (χ1v) is 8.69. The van der Waals surface area contributed by atoms with E-state index in [0.29, 0.717) is 17.9 Å². The van der Waals surface area contributed by atoms with E-state index in [1.165, 1.54) is 5.56 Å². The Hall–Kier alpha value is -1.84. The quantitative estimate of drug-likeness (QED) is 0.906. The van der Waals surface area contributed by atoms with E-state index in [9.17, 15) is 9.59 Å². The van der Waals surface area contributed by atoms with Crippen LogP contribution in [0.15, 0.2) is 24.3 Å². The fourth-order valence-corrected chi connectivity index (χ4v) is 2.93. The zero-order valence-electron chi connectivity index (χ0n) is 14.5. The molecule has 1 aliphatic heterocycles. The van der Waals surface area contributed by atoms with Crippen LogP contribution >= 0.6 is 0 Å². The van der Waals surface area contributed by atoms with Gasteiger partial charge in [-0.15, -0.1) is 0 Å². The summed E-state index contributed by atoms with van der Waals surface area (Å²) in [7, 11) is 0. The average molecular weight is 316 g/mol. The van der Waals surface area contributed by atoms with Gasteiger partial charge in [-0.2, -0.15) is 0 Å². The van der Waals surface area contributed by atoms with Gasteiger partial charge in [0.15, 0.2) is 0 Å². The molecule has 1 heterocycles. The number of likely N-dealkylation sites (tertiary alicyclic amines) is 1. The number of carbonyl (C=O) groups excluding carboxylic acids is 2. The molecule has 0 aromatic heterocycles. The molecule has 0 atom stereocenters. The largest absolute Gasteiger partial charge is 0.349 e. The van der Waals surface area contributed by atoms with Gasteiger partial charge in [-0.25, -0.2) is 0 Å². The summed E-state index contributed by atoms with van der Waals surface area (Å²) < 4.78 is 0. The number of carbonyl (C=O) groups is 2. The van der Waals surface area contributed by atoms with Crippen LogP contribution in [-0.4, -0.2) is 35.8 Å². The maximum Gasteiger partial charge on any atom is 0.251 e. The zero-order chi connectivity index (χ0) is 16.8. The van der Waals surface area contributed by atoms with Gasteiger partial charge in [0, 0.05) is 31.1 Å². The van der Waals surface area contributed by atoms with E-state index >= 15 is 0 Å². The Bertz CT molecular complexity index is 529. The van der Waals surface area contributed by atoms with Crippen molar-refractivity contribution in [2.75, 3.05) is 13.1 Å². The van der Waals surface area contributed by atoms with E-state index in [4.69, 9.17) is 0 Å². The summed E-state index contributed by atoms with van der Waals surface area (Å²) in [5, 5.41) is 3.10. The van der Waals surface area contributed by atoms with E-state index in [2.05, 4.69) is 19.2 Å². The van der Waals surface area contributed by atoms with Crippen LogP contribution in [0.4, 0.5) is 0 Å². The summed E-state index contributed by atoms with van der Waals surface area (Å²) >= 11 is 0. The lowest BCUT2D eigenvalue weighted by molar-refractivity contribution is -0.132. The van der Waals surface area contributed by atoms with E-state index in [1.54, 1.807) is 0 Å². The highest BCUT2D eigenvalue weighted by atomic mass is 16.2. The maximum atomic E-state index is 12.3. The smallest absolute Gasteiger partial charge is 0.251 e. The summed E-state index contributed by atoms with van der Waals surface area (Å²) in [5.74, 6) is 0.692. The molecule has 4 nitrogen and oxygen atoms in total. The average Bonchev–Trinajstić information content (AvgIpc) is 2.55. The van der Waals surface area contributed by atoms with Crippen molar-refractivity contribution in [3.8, 4) is 0 Å². The molecule has 23 heavy (non-hydrogen) atoms. The van der Waals surface area contributed by atoms with Crippen molar-refractivity contribution < 1.29 is 9.59 Å². The van der Waals surface area contributed by atoms with Crippen molar-refractivity contribution in [2.45, 2.75) is 58.4 Å². The molecular formula is C19H28N2O2. The van der Waals surface area contributed by atoms with Gasteiger partial charge in [0.2, 0.25) is 5.91 Å². The van der Waals surface area contributed by atoms with Crippen LogP contribution in [0, 0.1) is 0 Å². The Labute approximate surface area is 139 Å². The lowest BCUT2D eigenvalue weighted by atomic mass is 10.0. The number of hydrogen-bond acceptors (Lipinski definition) is 2. The van der Waals surface area contributed by atoms with Crippen LogP contribution < -0.4 is 5.32 Å². The molecule has 2 amide bonds. The molecule has 0 unspecified atom stereocenters.